The largest absolute Gasteiger partial charge is 0.437 e. The fraction of sp³-hybridized carbons (Fsp3) is 0. The number of rotatable bonds is 2. The van der Waals surface area contributed by atoms with E-state index in [1.807, 2.05) is 36.4 Å². The van der Waals surface area contributed by atoms with Gasteiger partial charge in [-0.15, -0.1) is 11.3 Å². The molecular weight excluding hydrogens is 316 g/mol. The molecule has 0 aliphatic carbocycles. The Balaban J connectivity index is 1.57. The molecule has 0 spiro atoms. The van der Waals surface area contributed by atoms with Crippen molar-refractivity contribution in [2.24, 2.45) is 0 Å². The third-order valence-corrected chi connectivity index (χ3v) is 5.04. The Morgan fingerprint density at radius 2 is 1.67 bits per heavy atom. The maximum absolute atomic E-state index is 5.71. The lowest BCUT2D eigenvalue weighted by molar-refractivity contribution is 0.589. The van der Waals surface area contributed by atoms with E-state index in [9.17, 15) is 0 Å². The zero-order valence-electron chi connectivity index (χ0n) is 12.6. The van der Waals surface area contributed by atoms with Crippen molar-refractivity contribution in [1.82, 2.24) is 9.97 Å². The first-order chi connectivity index (χ1) is 11.9. The van der Waals surface area contributed by atoms with Gasteiger partial charge in [0.15, 0.2) is 5.58 Å². The minimum Gasteiger partial charge on any atom is -0.437 e. The summed E-state index contributed by atoms with van der Waals surface area (Å²) in [5.41, 5.74) is 2.69. The van der Waals surface area contributed by atoms with Crippen molar-refractivity contribution < 1.29 is 4.42 Å². The number of benzene rings is 3. The molecule has 0 amide bonds. The molecule has 24 heavy (non-hydrogen) atoms. The topological polar surface area (TPSA) is 38.9 Å². The average Bonchev–Trinajstić information content (AvgIpc) is 3.23. The van der Waals surface area contributed by atoms with Gasteiger partial charge in [0, 0.05) is 11.5 Å². The lowest BCUT2D eigenvalue weighted by Gasteiger charge is -1.96. The van der Waals surface area contributed by atoms with Gasteiger partial charge in [-0.1, -0.05) is 42.5 Å². The molecule has 0 saturated carbocycles. The highest BCUT2D eigenvalue weighted by Crippen LogP contribution is 2.31. The minimum absolute atomic E-state index is 0.598. The molecule has 4 heteroatoms. The highest BCUT2D eigenvalue weighted by atomic mass is 32.1. The summed E-state index contributed by atoms with van der Waals surface area (Å²) in [5, 5.41) is 3.43. The van der Waals surface area contributed by atoms with E-state index in [0.29, 0.717) is 5.89 Å². The first-order valence-corrected chi connectivity index (χ1v) is 8.50. The Kier molecular flexibility index (Phi) is 2.96. The van der Waals surface area contributed by atoms with Crippen LogP contribution in [0.5, 0.6) is 0 Å². The molecule has 0 aliphatic heterocycles. The van der Waals surface area contributed by atoms with Crippen LogP contribution in [0.2, 0.25) is 0 Å². The van der Waals surface area contributed by atoms with Crippen LogP contribution in [-0.4, -0.2) is 9.97 Å². The van der Waals surface area contributed by atoms with Gasteiger partial charge < -0.3 is 4.42 Å². The molecule has 5 aromatic rings. The summed E-state index contributed by atoms with van der Waals surface area (Å²) in [6, 6.07) is 20.3. The predicted octanol–water partition coefficient (Wildman–Crippen LogP) is 5.76. The number of para-hydroxylation sites is 2. The number of nitrogens with zero attached hydrogens (tertiary/aromatic N) is 2. The molecule has 5 rings (SSSR count). The van der Waals surface area contributed by atoms with Crippen molar-refractivity contribution >= 4 is 55.6 Å². The van der Waals surface area contributed by atoms with E-state index in [-0.39, 0.29) is 0 Å². The number of aromatic nitrogens is 2. The molecule has 0 bridgehead atoms. The Labute approximate surface area is 141 Å². The van der Waals surface area contributed by atoms with E-state index in [1.54, 1.807) is 11.3 Å². The van der Waals surface area contributed by atoms with Crippen LogP contribution in [-0.2, 0) is 0 Å². The van der Waals surface area contributed by atoms with Gasteiger partial charge in [-0.25, -0.2) is 9.97 Å². The zero-order valence-corrected chi connectivity index (χ0v) is 13.5. The third-order valence-electron chi connectivity index (χ3n) is 3.98. The Morgan fingerprint density at radius 1 is 0.792 bits per heavy atom. The first-order valence-electron chi connectivity index (χ1n) is 7.69. The third kappa shape index (κ3) is 2.20. The lowest BCUT2D eigenvalue weighted by Crippen LogP contribution is -1.73. The maximum atomic E-state index is 5.71. The molecule has 2 heterocycles. The zero-order chi connectivity index (χ0) is 15.9. The fourth-order valence-corrected chi connectivity index (χ4v) is 3.85. The van der Waals surface area contributed by atoms with E-state index in [2.05, 4.69) is 41.4 Å². The smallest absolute Gasteiger partial charge is 0.220 e. The summed E-state index contributed by atoms with van der Waals surface area (Å²) in [4.78, 5) is 9.15. The summed E-state index contributed by atoms with van der Waals surface area (Å²) < 4.78 is 6.93. The van der Waals surface area contributed by atoms with Gasteiger partial charge in [-0.05, 0) is 29.7 Å². The van der Waals surface area contributed by atoms with Crippen LogP contribution in [0.3, 0.4) is 0 Å². The first kappa shape index (κ1) is 13.5. The van der Waals surface area contributed by atoms with E-state index >= 15 is 0 Å². The van der Waals surface area contributed by atoms with Crippen LogP contribution >= 0.6 is 11.3 Å². The number of hydrogen-bond acceptors (Lipinski definition) is 4. The van der Waals surface area contributed by atoms with Crippen LogP contribution in [0.25, 0.3) is 44.2 Å². The summed E-state index contributed by atoms with van der Waals surface area (Å²) in [7, 11) is 0. The maximum Gasteiger partial charge on any atom is 0.220 e. The van der Waals surface area contributed by atoms with Crippen molar-refractivity contribution in [3.05, 3.63) is 71.6 Å². The molecule has 0 aliphatic rings. The molecule has 0 fully saturated rings. The van der Waals surface area contributed by atoms with Gasteiger partial charge >= 0.3 is 0 Å². The monoisotopic (exact) mass is 328 g/mol. The van der Waals surface area contributed by atoms with Gasteiger partial charge in [0.25, 0.3) is 0 Å². The van der Waals surface area contributed by atoms with E-state index in [4.69, 9.17) is 9.40 Å². The van der Waals surface area contributed by atoms with Crippen LogP contribution in [0, 0.1) is 0 Å². The number of oxazole rings is 1. The van der Waals surface area contributed by atoms with Crippen LogP contribution < -0.4 is 0 Å². The van der Waals surface area contributed by atoms with Crippen LogP contribution in [0.15, 0.2) is 65.1 Å². The van der Waals surface area contributed by atoms with E-state index in [1.165, 1.54) is 15.5 Å². The lowest BCUT2D eigenvalue weighted by atomic mass is 10.1. The molecule has 0 atom stereocenters. The molecule has 0 N–H and O–H groups in total. The average molecular weight is 328 g/mol. The van der Waals surface area contributed by atoms with Gasteiger partial charge in [0.1, 0.15) is 10.5 Å². The Bertz CT molecular complexity index is 1180. The Morgan fingerprint density at radius 3 is 2.62 bits per heavy atom. The number of thiazole rings is 1. The molecule has 3 nitrogen and oxygen atoms in total. The predicted molar refractivity (Wildman–Crippen MR) is 100 cm³/mol. The van der Waals surface area contributed by atoms with Crippen molar-refractivity contribution in [3.8, 4) is 0 Å². The fourth-order valence-electron chi connectivity index (χ4n) is 2.85. The molecular formula is C20H12N2OS. The SMILES string of the molecule is C(=Cc1nc2ccc3ccccc3c2s1)c1nc2ccccc2o1. The van der Waals surface area contributed by atoms with Crippen LogP contribution in [0.1, 0.15) is 10.9 Å². The normalized spacial score (nSPS) is 12.0. The van der Waals surface area contributed by atoms with E-state index < -0.39 is 0 Å². The van der Waals surface area contributed by atoms with E-state index in [0.717, 1.165) is 21.6 Å². The highest BCUT2D eigenvalue weighted by molar-refractivity contribution is 7.20. The minimum atomic E-state index is 0.598. The second kappa shape index (κ2) is 5.28. The molecule has 0 saturated heterocycles. The second-order valence-electron chi connectivity index (χ2n) is 5.54. The van der Waals surface area contributed by atoms with Crippen LogP contribution in [0.4, 0.5) is 0 Å². The van der Waals surface area contributed by atoms with Gasteiger partial charge in [0.05, 0.1) is 10.2 Å². The Hall–Kier alpha value is -2.98. The van der Waals surface area contributed by atoms with Crippen molar-refractivity contribution in [2.75, 3.05) is 0 Å². The van der Waals surface area contributed by atoms with Crippen molar-refractivity contribution in [3.63, 3.8) is 0 Å². The van der Waals surface area contributed by atoms with Crippen molar-refractivity contribution in [2.45, 2.75) is 0 Å². The summed E-state index contributed by atoms with van der Waals surface area (Å²) in [6.07, 6.45) is 3.84. The quantitative estimate of drug-likeness (QED) is 0.413. The molecule has 114 valence electrons. The van der Waals surface area contributed by atoms with Gasteiger partial charge in [-0.2, -0.15) is 0 Å². The van der Waals surface area contributed by atoms with Gasteiger partial charge in [-0.3, -0.25) is 0 Å². The summed E-state index contributed by atoms with van der Waals surface area (Å²) in [5.74, 6) is 0.598. The summed E-state index contributed by atoms with van der Waals surface area (Å²) >= 11 is 1.69. The second-order valence-corrected chi connectivity index (χ2v) is 6.57. The van der Waals surface area contributed by atoms with Gasteiger partial charge in [0.2, 0.25) is 5.89 Å². The molecule has 2 aromatic heterocycles. The number of hydrogen-bond donors (Lipinski definition) is 0. The summed E-state index contributed by atoms with van der Waals surface area (Å²) in [6.45, 7) is 0. The number of fused-ring (bicyclic) bond motifs is 4. The highest BCUT2D eigenvalue weighted by Gasteiger charge is 2.06. The molecule has 0 radical (unpaired) electrons. The molecule has 3 aromatic carbocycles. The molecule has 0 unspecified atom stereocenters. The van der Waals surface area contributed by atoms with Crippen molar-refractivity contribution in [1.29, 1.82) is 0 Å². The standard InChI is InChI=1S/C20H12N2OS/c1-2-6-14-13(5-1)9-10-16-20(14)24-19(22-16)12-11-18-21-15-7-3-4-8-17(15)23-18/h1-12H.